The van der Waals surface area contributed by atoms with Crippen LogP contribution in [-0.4, -0.2) is 37.7 Å². The predicted molar refractivity (Wildman–Crippen MR) is 96.9 cm³/mol. The van der Waals surface area contributed by atoms with E-state index in [0.717, 1.165) is 30.8 Å². The minimum absolute atomic E-state index is 0.00860. The number of hydrogen-bond donors (Lipinski definition) is 1. The molecule has 1 aliphatic carbocycles. The Hall–Kier alpha value is -3.17. The van der Waals surface area contributed by atoms with Gasteiger partial charge < -0.3 is 10.1 Å². The number of methoxy groups -OCH3 is 1. The number of rotatable bonds is 5. The zero-order valence-corrected chi connectivity index (χ0v) is 15.5. The van der Waals surface area contributed by atoms with E-state index in [1.54, 1.807) is 12.3 Å². The number of halogens is 2. The number of anilines is 1. The van der Waals surface area contributed by atoms with E-state index in [0.29, 0.717) is 17.3 Å². The summed E-state index contributed by atoms with van der Waals surface area (Å²) in [6.45, 7) is 2.10. The maximum absolute atomic E-state index is 13.9. The van der Waals surface area contributed by atoms with Gasteiger partial charge in [-0.15, -0.1) is 0 Å². The van der Waals surface area contributed by atoms with Gasteiger partial charge in [-0.25, -0.2) is 14.6 Å². The van der Waals surface area contributed by atoms with Crippen LogP contribution >= 0.6 is 0 Å². The Morgan fingerprint density at radius 1 is 1.32 bits per heavy atom. The van der Waals surface area contributed by atoms with Gasteiger partial charge in [0.2, 0.25) is 17.6 Å². The SMILES string of the molecule is COc1cc(-n2nc(C3CC3)c3cnc(NC(C)=O)cc32)nc(C(C)(F)F)n1. The van der Waals surface area contributed by atoms with E-state index >= 15 is 0 Å². The van der Waals surface area contributed by atoms with Crippen LogP contribution in [0.1, 0.15) is 44.1 Å². The second kappa shape index (κ2) is 6.47. The number of carbonyl (C=O) groups excluding carboxylic acids is 1. The van der Waals surface area contributed by atoms with Gasteiger partial charge in [0.1, 0.15) is 5.82 Å². The standard InChI is InChI=1S/C18H18F2N6O2/c1-9(27)22-13-6-12-11(8-21-13)16(10-4-5-10)25-26(12)14-7-15(28-3)24-17(23-14)18(2,19)20/h6-8,10H,4-5H2,1-3H3,(H,21,22,27). The smallest absolute Gasteiger partial charge is 0.304 e. The number of hydrogen-bond acceptors (Lipinski definition) is 6. The van der Waals surface area contributed by atoms with Crippen LogP contribution in [0.3, 0.4) is 0 Å². The zero-order chi connectivity index (χ0) is 20.1. The van der Waals surface area contributed by atoms with Gasteiger partial charge in [-0.3, -0.25) is 4.79 Å². The average Bonchev–Trinajstić information content (AvgIpc) is 3.41. The monoisotopic (exact) mass is 388 g/mol. The van der Waals surface area contributed by atoms with Crippen molar-refractivity contribution in [3.05, 3.63) is 29.8 Å². The summed E-state index contributed by atoms with van der Waals surface area (Å²) in [7, 11) is 1.35. The van der Waals surface area contributed by atoms with Crippen molar-refractivity contribution in [2.75, 3.05) is 12.4 Å². The first kappa shape index (κ1) is 18.2. The van der Waals surface area contributed by atoms with Crippen molar-refractivity contribution in [3.63, 3.8) is 0 Å². The first-order chi connectivity index (χ1) is 13.3. The van der Waals surface area contributed by atoms with Crippen molar-refractivity contribution >= 4 is 22.6 Å². The van der Waals surface area contributed by atoms with E-state index in [9.17, 15) is 13.6 Å². The van der Waals surface area contributed by atoms with Gasteiger partial charge in [-0.1, -0.05) is 0 Å². The zero-order valence-electron chi connectivity index (χ0n) is 15.5. The lowest BCUT2D eigenvalue weighted by Gasteiger charge is -2.12. The molecule has 0 unspecified atom stereocenters. The summed E-state index contributed by atoms with van der Waals surface area (Å²) in [6, 6.07) is 3.09. The van der Waals surface area contributed by atoms with Gasteiger partial charge in [-0.2, -0.15) is 18.9 Å². The highest BCUT2D eigenvalue weighted by molar-refractivity contribution is 5.91. The van der Waals surface area contributed by atoms with E-state index in [1.807, 2.05) is 0 Å². The van der Waals surface area contributed by atoms with E-state index in [4.69, 9.17) is 4.74 Å². The van der Waals surface area contributed by atoms with E-state index in [-0.39, 0.29) is 17.6 Å². The number of aromatic nitrogens is 5. The highest BCUT2D eigenvalue weighted by Gasteiger charge is 2.32. The molecular weight excluding hydrogens is 370 g/mol. The lowest BCUT2D eigenvalue weighted by atomic mass is 10.2. The number of carbonyl (C=O) groups is 1. The fraction of sp³-hybridized carbons (Fsp3) is 0.389. The van der Waals surface area contributed by atoms with Crippen LogP contribution in [0.25, 0.3) is 16.7 Å². The summed E-state index contributed by atoms with van der Waals surface area (Å²) >= 11 is 0. The number of fused-ring (bicyclic) bond motifs is 1. The van der Waals surface area contributed by atoms with Crippen molar-refractivity contribution in [2.45, 2.75) is 38.5 Å². The number of alkyl halides is 2. The molecule has 3 aromatic heterocycles. The molecule has 146 valence electrons. The molecule has 1 saturated carbocycles. The molecule has 0 spiro atoms. The number of nitrogens with one attached hydrogen (secondary N) is 1. The van der Waals surface area contributed by atoms with Gasteiger partial charge in [0.15, 0.2) is 5.82 Å². The molecule has 0 radical (unpaired) electrons. The maximum Gasteiger partial charge on any atom is 0.304 e. The van der Waals surface area contributed by atoms with Crippen LogP contribution in [0, 0.1) is 0 Å². The Bertz CT molecular complexity index is 1070. The number of nitrogens with zero attached hydrogens (tertiary/aromatic N) is 5. The number of amides is 1. The van der Waals surface area contributed by atoms with Crippen LogP contribution < -0.4 is 10.1 Å². The van der Waals surface area contributed by atoms with Gasteiger partial charge in [0.05, 0.1) is 18.3 Å². The normalized spacial score (nSPS) is 14.3. The third kappa shape index (κ3) is 3.37. The van der Waals surface area contributed by atoms with Crippen LogP contribution in [0.4, 0.5) is 14.6 Å². The molecule has 0 aliphatic heterocycles. The van der Waals surface area contributed by atoms with Crippen LogP contribution in [-0.2, 0) is 10.7 Å². The topological polar surface area (TPSA) is 94.8 Å². The quantitative estimate of drug-likeness (QED) is 0.721. The van der Waals surface area contributed by atoms with Gasteiger partial charge >= 0.3 is 5.92 Å². The lowest BCUT2D eigenvalue weighted by Crippen LogP contribution is -2.15. The summed E-state index contributed by atoms with van der Waals surface area (Å²) in [4.78, 5) is 23.4. The molecule has 28 heavy (non-hydrogen) atoms. The Morgan fingerprint density at radius 2 is 2.07 bits per heavy atom. The largest absolute Gasteiger partial charge is 0.481 e. The molecular formula is C18H18F2N6O2. The van der Waals surface area contributed by atoms with Crippen molar-refractivity contribution in [3.8, 4) is 11.7 Å². The first-order valence-corrected chi connectivity index (χ1v) is 8.74. The summed E-state index contributed by atoms with van der Waals surface area (Å²) in [5.74, 6) is -3.37. The molecule has 4 rings (SSSR count). The third-order valence-corrected chi connectivity index (χ3v) is 4.37. The fourth-order valence-electron chi connectivity index (χ4n) is 2.94. The summed E-state index contributed by atoms with van der Waals surface area (Å²) in [5, 5.41) is 8.02. The molecule has 8 nitrogen and oxygen atoms in total. The molecule has 0 atom stereocenters. The third-order valence-electron chi connectivity index (χ3n) is 4.37. The Kier molecular flexibility index (Phi) is 4.20. The molecule has 3 heterocycles. The maximum atomic E-state index is 13.9. The minimum atomic E-state index is -3.24. The van der Waals surface area contributed by atoms with E-state index in [2.05, 4.69) is 25.4 Å². The van der Waals surface area contributed by atoms with Crippen molar-refractivity contribution < 1.29 is 18.3 Å². The van der Waals surface area contributed by atoms with Crippen LogP contribution in [0.15, 0.2) is 18.3 Å². The summed E-state index contributed by atoms with van der Waals surface area (Å²) in [5.41, 5.74) is 1.44. The van der Waals surface area contributed by atoms with Crippen molar-refractivity contribution in [2.24, 2.45) is 0 Å². The molecule has 0 saturated heterocycles. The summed E-state index contributed by atoms with van der Waals surface area (Å²) in [6.07, 6.45) is 3.64. The molecule has 1 N–H and O–H groups in total. The van der Waals surface area contributed by atoms with Gasteiger partial charge in [-0.05, 0) is 12.8 Å². The number of pyridine rings is 1. The Balaban J connectivity index is 1.93. The molecule has 1 aliphatic rings. The van der Waals surface area contributed by atoms with E-state index < -0.39 is 11.7 Å². The van der Waals surface area contributed by atoms with Crippen molar-refractivity contribution in [1.29, 1.82) is 0 Å². The fourth-order valence-corrected chi connectivity index (χ4v) is 2.94. The second-order valence-corrected chi connectivity index (χ2v) is 6.82. The average molecular weight is 388 g/mol. The summed E-state index contributed by atoms with van der Waals surface area (Å²) < 4.78 is 34.3. The molecule has 10 heteroatoms. The van der Waals surface area contributed by atoms with Crippen LogP contribution in [0.2, 0.25) is 0 Å². The molecule has 1 amide bonds. The van der Waals surface area contributed by atoms with Gasteiger partial charge in [0.25, 0.3) is 0 Å². The lowest BCUT2D eigenvalue weighted by molar-refractivity contribution is -0.114. The minimum Gasteiger partial charge on any atom is -0.481 e. The number of ether oxygens (including phenoxy) is 1. The van der Waals surface area contributed by atoms with E-state index in [1.165, 1.54) is 24.8 Å². The molecule has 0 aromatic carbocycles. The highest BCUT2D eigenvalue weighted by atomic mass is 19.3. The Morgan fingerprint density at radius 3 is 2.68 bits per heavy atom. The Labute approximate surface area is 159 Å². The van der Waals surface area contributed by atoms with Gasteiger partial charge in [0, 0.05) is 43.5 Å². The molecule has 1 fully saturated rings. The predicted octanol–water partition coefficient (Wildman–Crippen LogP) is 3.17. The second-order valence-electron chi connectivity index (χ2n) is 6.82. The molecule has 3 aromatic rings. The van der Waals surface area contributed by atoms with Crippen LogP contribution in [0.5, 0.6) is 5.88 Å². The first-order valence-electron chi connectivity index (χ1n) is 8.74. The molecule has 0 bridgehead atoms. The highest BCUT2D eigenvalue weighted by Crippen LogP contribution is 2.43. The van der Waals surface area contributed by atoms with Crippen molar-refractivity contribution in [1.82, 2.24) is 24.7 Å².